The first kappa shape index (κ1) is 12.5. The Bertz CT molecular complexity index is 818. The van der Waals surface area contributed by atoms with Crippen LogP contribution in [-0.4, -0.2) is 21.1 Å². The van der Waals surface area contributed by atoms with Gasteiger partial charge in [-0.1, -0.05) is 0 Å². The van der Waals surface area contributed by atoms with E-state index in [4.69, 9.17) is 0 Å². The van der Waals surface area contributed by atoms with Crippen molar-refractivity contribution in [2.24, 2.45) is 0 Å². The number of rotatable bonds is 1. The van der Waals surface area contributed by atoms with E-state index in [9.17, 15) is 14.4 Å². The molecule has 0 amide bonds. The van der Waals surface area contributed by atoms with Gasteiger partial charge < -0.3 is 4.57 Å². The molecule has 100 valence electrons. The summed E-state index contributed by atoms with van der Waals surface area (Å²) in [6, 6.07) is 2.93. The minimum atomic E-state index is -0.421. The lowest BCUT2D eigenvalue weighted by atomic mass is 9.89. The van der Waals surface area contributed by atoms with E-state index in [1.165, 1.54) is 12.3 Å². The molecule has 0 bridgehead atoms. The Balaban J connectivity index is 2.40. The van der Waals surface area contributed by atoms with Crippen molar-refractivity contribution in [3.63, 3.8) is 0 Å². The van der Waals surface area contributed by atoms with Gasteiger partial charge >= 0.3 is 0 Å². The fraction of sp³-hybridized carbons (Fsp3) is 0.200. The van der Waals surface area contributed by atoms with Crippen LogP contribution in [0.2, 0.25) is 0 Å². The predicted molar refractivity (Wildman–Crippen MR) is 72.2 cm³/mol. The zero-order valence-corrected chi connectivity index (χ0v) is 11.1. The Morgan fingerprint density at radius 2 is 1.95 bits per heavy atom. The molecule has 0 unspecified atom stereocenters. The molecule has 0 N–H and O–H groups in total. The smallest absolute Gasteiger partial charge is 0.229 e. The van der Waals surface area contributed by atoms with Gasteiger partial charge in [0.05, 0.1) is 11.1 Å². The van der Waals surface area contributed by atoms with Gasteiger partial charge in [0, 0.05) is 25.0 Å². The molecule has 0 aliphatic heterocycles. The lowest BCUT2D eigenvalue weighted by molar-refractivity contribution is 0.0966. The number of aromatic nitrogens is 2. The number of pyridine rings is 2. The van der Waals surface area contributed by atoms with Crippen LogP contribution in [0.1, 0.15) is 44.6 Å². The Morgan fingerprint density at radius 1 is 1.20 bits per heavy atom. The molecular formula is C15H12N2O3. The zero-order valence-electron chi connectivity index (χ0n) is 11.1. The van der Waals surface area contributed by atoms with E-state index in [0.717, 1.165) is 5.56 Å². The van der Waals surface area contributed by atoms with Crippen molar-refractivity contribution in [2.75, 3.05) is 0 Å². The number of carbonyl (C=O) groups is 2. The summed E-state index contributed by atoms with van der Waals surface area (Å²) in [6.07, 6.45) is 3.08. The van der Waals surface area contributed by atoms with Crippen molar-refractivity contribution in [1.82, 2.24) is 9.55 Å². The first-order valence-corrected chi connectivity index (χ1v) is 6.34. The highest BCUT2D eigenvalue weighted by Crippen LogP contribution is 2.24. The van der Waals surface area contributed by atoms with Crippen LogP contribution in [0.3, 0.4) is 0 Å². The van der Waals surface area contributed by atoms with Gasteiger partial charge in [-0.05, 0) is 25.5 Å². The molecule has 2 aromatic rings. The number of fused-ring (bicyclic) bond motifs is 2. The summed E-state index contributed by atoms with van der Waals surface area (Å²) in [5.41, 5.74) is 0.803. The molecule has 2 heterocycles. The third kappa shape index (κ3) is 1.56. The molecule has 1 aliphatic rings. The van der Waals surface area contributed by atoms with Gasteiger partial charge in [-0.15, -0.1) is 0 Å². The number of hydrogen-bond acceptors (Lipinski definition) is 4. The van der Waals surface area contributed by atoms with Crippen molar-refractivity contribution < 1.29 is 9.59 Å². The van der Waals surface area contributed by atoms with Crippen LogP contribution in [0.5, 0.6) is 0 Å². The highest BCUT2D eigenvalue weighted by Gasteiger charge is 2.34. The fourth-order valence-electron chi connectivity index (χ4n) is 2.47. The normalized spacial score (nSPS) is 13.1. The monoisotopic (exact) mass is 268 g/mol. The summed E-state index contributed by atoms with van der Waals surface area (Å²) in [5, 5.41) is 0. The summed E-state index contributed by atoms with van der Waals surface area (Å²) in [4.78, 5) is 41.1. The molecule has 0 aromatic carbocycles. The van der Waals surface area contributed by atoms with Crippen LogP contribution in [-0.2, 0) is 6.54 Å². The lowest BCUT2D eigenvalue weighted by Crippen LogP contribution is -2.32. The maximum Gasteiger partial charge on any atom is 0.229 e. The van der Waals surface area contributed by atoms with Crippen LogP contribution < -0.4 is 5.43 Å². The van der Waals surface area contributed by atoms with Gasteiger partial charge in [-0.25, -0.2) is 0 Å². The second-order valence-electron chi connectivity index (χ2n) is 4.76. The van der Waals surface area contributed by atoms with Gasteiger partial charge in [-0.3, -0.25) is 19.4 Å². The molecule has 0 spiro atoms. The van der Waals surface area contributed by atoms with Crippen molar-refractivity contribution in [1.29, 1.82) is 0 Å². The molecule has 5 heteroatoms. The minimum Gasteiger partial charge on any atom is -0.344 e. The van der Waals surface area contributed by atoms with Crippen molar-refractivity contribution in [3.05, 3.63) is 62.8 Å². The number of ketones is 2. The highest BCUT2D eigenvalue weighted by molar-refractivity contribution is 6.26. The molecule has 0 radical (unpaired) electrons. The topological polar surface area (TPSA) is 69.0 Å². The quantitative estimate of drug-likeness (QED) is 0.668. The van der Waals surface area contributed by atoms with Crippen LogP contribution in [0, 0.1) is 6.92 Å². The van der Waals surface area contributed by atoms with E-state index in [2.05, 4.69) is 4.98 Å². The third-order valence-electron chi connectivity index (χ3n) is 3.44. The van der Waals surface area contributed by atoms with Crippen LogP contribution in [0.25, 0.3) is 0 Å². The molecule has 3 rings (SSSR count). The molecule has 2 aromatic heterocycles. The zero-order chi connectivity index (χ0) is 14.4. The van der Waals surface area contributed by atoms with E-state index >= 15 is 0 Å². The van der Waals surface area contributed by atoms with Crippen LogP contribution in [0.15, 0.2) is 29.3 Å². The Morgan fingerprint density at radius 3 is 2.65 bits per heavy atom. The fourth-order valence-corrected chi connectivity index (χ4v) is 2.47. The minimum absolute atomic E-state index is 0.0424. The molecule has 1 aliphatic carbocycles. The first-order chi connectivity index (χ1) is 9.54. The Hall–Kier alpha value is -2.56. The highest BCUT2D eigenvalue weighted by atomic mass is 16.1. The van der Waals surface area contributed by atoms with Crippen molar-refractivity contribution >= 4 is 11.6 Å². The van der Waals surface area contributed by atoms with Crippen LogP contribution in [0.4, 0.5) is 0 Å². The molecular weight excluding hydrogens is 256 g/mol. The number of carbonyl (C=O) groups excluding carboxylic acids is 2. The van der Waals surface area contributed by atoms with Gasteiger partial charge in [-0.2, -0.15) is 0 Å². The van der Waals surface area contributed by atoms with Crippen molar-refractivity contribution in [3.8, 4) is 0 Å². The van der Waals surface area contributed by atoms with Gasteiger partial charge in [0.1, 0.15) is 11.4 Å². The Kier molecular flexibility index (Phi) is 2.64. The van der Waals surface area contributed by atoms with Crippen molar-refractivity contribution in [2.45, 2.75) is 20.4 Å². The molecule has 0 saturated heterocycles. The average molecular weight is 268 g/mol. The largest absolute Gasteiger partial charge is 0.344 e. The van der Waals surface area contributed by atoms with Gasteiger partial charge in [0.15, 0.2) is 5.43 Å². The molecule has 0 fully saturated rings. The van der Waals surface area contributed by atoms with E-state index in [1.807, 2.05) is 6.92 Å². The standard InChI is InChI=1S/C15H12N2O3/c1-3-17-5-4-10(18)11-13(17)15(20)12-9(14(11)19)6-8(2)7-16-12/h4-7H,3H2,1-2H3. The molecule has 5 nitrogen and oxygen atoms in total. The summed E-state index contributed by atoms with van der Waals surface area (Å²) in [6.45, 7) is 4.14. The SMILES string of the molecule is CCn1ccc(=O)c2c1C(=O)c1ncc(C)cc1C2=O. The third-order valence-corrected chi connectivity index (χ3v) is 3.44. The average Bonchev–Trinajstić information content (AvgIpc) is 2.44. The summed E-state index contributed by atoms with van der Waals surface area (Å²) < 4.78 is 1.61. The van der Waals surface area contributed by atoms with Crippen LogP contribution >= 0.6 is 0 Å². The second-order valence-corrected chi connectivity index (χ2v) is 4.76. The maximum absolute atomic E-state index is 12.5. The number of nitrogens with zero attached hydrogens (tertiary/aromatic N) is 2. The summed E-state index contributed by atoms with van der Waals surface area (Å²) in [7, 11) is 0. The molecule has 20 heavy (non-hydrogen) atoms. The number of aryl methyl sites for hydroxylation is 2. The van der Waals surface area contributed by atoms with Gasteiger partial charge in [0.2, 0.25) is 11.6 Å². The lowest BCUT2D eigenvalue weighted by Gasteiger charge is -2.19. The van der Waals surface area contributed by atoms with E-state index < -0.39 is 11.2 Å². The summed E-state index contributed by atoms with van der Waals surface area (Å²) in [5.74, 6) is -0.784. The van der Waals surface area contributed by atoms with Gasteiger partial charge in [0.25, 0.3) is 0 Å². The maximum atomic E-state index is 12.5. The van der Waals surface area contributed by atoms with E-state index in [-0.39, 0.29) is 28.3 Å². The number of hydrogen-bond donors (Lipinski definition) is 0. The second kappa shape index (κ2) is 4.23. The molecule has 0 atom stereocenters. The Labute approximate surface area is 114 Å². The van der Waals surface area contributed by atoms with E-state index in [0.29, 0.717) is 6.54 Å². The van der Waals surface area contributed by atoms with E-state index in [1.54, 1.807) is 23.8 Å². The summed E-state index contributed by atoms with van der Waals surface area (Å²) >= 11 is 0. The molecule has 0 saturated carbocycles. The predicted octanol–water partition coefficient (Wildman–Crippen LogP) is 1.35. The first-order valence-electron chi connectivity index (χ1n) is 6.34.